The molecule has 0 aliphatic rings. The van der Waals surface area contributed by atoms with Gasteiger partial charge in [-0.3, -0.25) is 0 Å². The summed E-state index contributed by atoms with van der Waals surface area (Å²) >= 11 is -5.20. The Bertz CT molecular complexity index is 416. The Morgan fingerprint density at radius 2 is 1.11 bits per heavy atom. The second kappa shape index (κ2) is 5.78. The van der Waals surface area contributed by atoms with Crippen LogP contribution in [0.2, 0.25) is 0 Å². The second-order valence-electron chi connectivity index (χ2n) is 5.90. The van der Waals surface area contributed by atoms with Crippen LogP contribution in [0, 0.1) is 0 Å². The van der Waals surface area contributed by atoms with E-state index >= 15 is 0 Å². The highest BCUT2D eigenvalue weighted by molar-refractivity contribution is 8.21. The van der Waals surface area contributed by atoms with Crippen LogP contribution in [0.5, 0.6) is 0 Å². The van der Waals surface area contributed by atoms with E-state index in [1.54, 1.807) is 12.1 Å². The molecule has 0 aromatic heterocycles. The van der Waals surface area contributed by atoms with E-state index in [4.69, 9.17) is 0 Å². The second-order valence-corrected chi connectivity index (χ2v) is 7.12. The average Bonchev–Trinajstić information content (AvgIpc) is 2.25. The summed E-state index contributed by atoms with van der Waals surface area (Å²) in [5.74, 6) is 0.0212. The maximum absolute atomic E-state index is 13.4. The first kappa shape index (κ1) is 16.4. The summed E-state index contributed by atoms with van der Waals surface area (Å²) in [5, 5.41) is 0. The Morgan fingerprint density at radius 1 is 0.737 bits per heavy atom. The van der Waals surface area contributed by atoms with Gasteiger partial charge in [-0.2, -0.15) is 0 Å². The molecule has 0 unspecified atom stereocenters. The largest absolute Gasteiger partial charge is 0.238 e. The molecule has 0 heterocycles. The minimum atomic E-state index is -5.20. The van der Waals surface area contributed by atoms with Gasteiger partial charge < -0.3 is 0 Å². The van der Waals surface area contributed by atoms with Crippen LogP contribution in [0.1, 0.15) is 76.0 Å². The van der Waals surface area contributed by atoms with Gasteiger partial charge in [0.1, 0.15) is 0 Å². The van der Waals surface area contributed by atoms with Gasteiger partial charge in [0.05, 0.1) is 4.90 Å². The number of benzene rings is 1. The van der Waals surface area contributed by atoms with E-state index in [0.717, 1.165) is 5.56 Å². The molecular weight excluding hydrogens is 269 g/mol. The standard InChI is InChI=1S/C15H23F3S/c1-9(2)12-7-13(10(3)4)15(19(16,17)18)14(8-12)11(5)6/h7-11H,1-6H3. The van der Waals surface area contributed by atoms with Crippen LogP contribution in [0.3, 0.4) is 0 Å². The molecule has 0 fully saturated rings. The lowest BCUT2D eigenvalue weighted by Crippen LogP contribution is -2.05. The molecule has 0 amide bonds. The van der Waals surface area contributed by atoms with Gasteiger partial charge in [-0.15, -0.1) is 11.7 Å². The molecule has 0 aliphatic heterocycles. The molecular formula is C15H23F3S. The van der Waals surface area contributed by atoms with Crippen molar-refractivity contribution in [3.05, 3.63) is 28.8 Å². The van der Waals surface area contributed by atoms with Crippen molar-refractivity contribution in [2.45, 2.75) is 64.2 Å². The molecule has 1 aromatic carbocycles. The van der Waals surface area contributed by atoms with Crippen molar-refractivity contribution >= 4 is 11.2 Å². The van der Waals surface area contributed by atoms with Gasteiger partial charge in [-0.1, -0.05) is 53.7 Å². The van der Waals surface area contributed by atoms with Gasteiger partial charge in [-0.25, -0.2) is 0 Å². The Balaban J connectivity index is 3.66. The lowest BCUT2D eigenvalue weighted by molar-refractivity contribution is 0.618. The minimum Gasteiger partial charge on any atom is -0.120 e. The fourth-order valence-corrected chi connectivity index (χ4v) is 3.28. The van der Waals surface area contributed by atoms with Crippen LogP contribution in [0.4, 0.5) is 11.7 Å². The van der Waals surface area contributed by atoms with Crippen LogP contribution in [-0.4, -0.2) is 0 Å². The fraction of sp³-hybridized carbons (Fsp3) is 0.600. The third kappa shape index (κ3) is 3.68. The van der Waals surface area contributed by atoms with Crippen LogP contribution < -0.4 is 0 Å². The van der Waals surface area contributed by atoms with Crippen LogP contribution in [0.15, 0.2) is 17.0 Å². The summed E-state index contributed by atoms with van der Waals surface area (Å²) in [5.41, 5.74) is 1.91. The predicted molar refractivity (Wildman–Crippen MR) is 77.9 cm³/mol. The highest BCUT2D eigenvalue weighted by atomic mass is 32.3. The SMILES string of the molecule is CC(C)c1cc(C(C)C)c(S(F)(F)F)c(C(C)C)c1. The number of hydrogen-bond acceptors (Lipinski definition) is 0. The fourth-order valence-electron chi connectivity index (χ4n) is 2.16. The average molecular weight is 292 g/mol. The van der Waals surface area contributed by atoms with Crippen molar-refractivity contribution in [3.63, 3.8) is 0 Å². The van der Waals surface area contributed by atoms with E-state index in [2.05, 4.69) is 0 Å². The monoisotopic (exact) mass is 292 g/mol. The predicted octanol–water partition coefficient (Wildman–Crippen LogP) is 6.87. The highest BCUT2D eigenvalue weighted by Gasteiger charge is 2.33. The Hall–Kier alpha value is -0.640. The van der Waals surface area contributed by atoms with Crippen molar-refractivity contribution in [1.29, 1.82) is 0 Å². The van der Waals surface area contributed by atoms with Crippen molar-refractivity contribution in [2.24, 2.45) is 0 Å². The summed E-state index contributed by atoms with van der Waals surface area (Å²) in [6.07, 6.45) is 0. The molecule has 0 bridgehead atoms. The van der Waals surface area contributed by atoms with Gasteiger partial charge in [0.2, 0.25) is 11.2 Å². The van der Waals surface area contributed by atoms with Crippen LogP contribution >= 0.6 is 11.2 Å². The van der Waals surface area contributed by atoms with Crippen LogP contribution in [0.25, 0.3) is 0 Å². The first-order valence-corrected chi connectivity index (χ1v) is 7.99. The molecule has 0 atom stereocenters. The smallest absolute Gasteiger partial charge is 0.120 e. The first-order chi connectivity index (χ1) is 8.55. The lowest BCUT2D eigenvalue weighted by atomic mass is 9.89. The summed E-state index contributed by atoms with van der Waals surface area (Å²) < 4.78 is 40.3. The molecule has 0 saturated heterocycles. The zero-order chi connectivity index (χ0) is 15.0. The summed E-state index contributed by atoms with van der Waals surface area (Å²) in [7, 11) is 0. The zero-order valence-corrected chi connectivity index (χ0v) is 13.2. The quantitative estimate of drug-likeness (QED) is 0.567. The van der Waals surface area contributed by atoms with Gasteiger partial charge in [0, 0.05) is 0 Å². The molecule has 0 radical (unpaired) electrons. The van der Waals surface area contributed by atoms with Gasteiger partial charge in [0.25, 0.3) is 0 Å². The van der Waals surface area contributed by atoms with Crippen molar-refractivity contribution in [1.82, 2.24) is 0 Å². The van der Waals surface area contributed by atoms with Crippen molar-refractivity contribution < 1.29 is 11.7 Å². The van der Waals surface area contributed by atoms with Crippen LogP contribution in [-0.2, 0) is 0 Å². The third-order valence-electron chi connectivity index (χ3n) is 3.31. The molecule has 19 heavy (non-hydrogen) atoms. The molecule has 1 aromatic rings. The van der Waals surface area contributed by atoms with E-state index in [1.807, 2.05) is 41.5 Å². The Labute approximate surface area is 116 Å². The normalized spacial score (nSPS) is 13.7. The Morgan fingerprint density at radius 3 is 1.32 bits per heavy atom. The summed E-state index contributed by atoms with van der Waals surface area (Å²) in [6.45, 7) is 11.4. The van der Waals surface area contributed by atoms with Crippen molar-refractivity contribution in [2.75, 3.05) is 0 Å². The van der Waals surface area contributed by atoms with Gasteiger partial charge >= 0.3 is 0 Å². The zero-order valence-electron chi connectivity index (χ0n) is 12.4. The van der Waals surface area contributed by atoms with E-state index in [1.165, 1.54) is 0 Å². The number of hydrogen-bond donors (Lipinski definition) is 0. The topological polar surface area (TPSA) is 0 Å². The molecule has 0 saturated carbocycles. The summed E-state index contributed by atoms with van der Waals surface area (Å²) in [6, 6.07) is 3.49. The van der Waals surface area contributed by atoms with Crippen molar-refractivity contribution in [3.8, 4) is 0 Å². The van der Waals surface area contributed by atoms with E-state index in [-0.39, 0.29) is 22.6 Å². The molecule has 0 nitrogen and oxygen atoms in total. The third-order valence-corrected chi connectivity index (χ3v) is 4.25. The van der Waals surface area contributed by atoms with E-state index in [0.29, 0.717) is 11.1 Å². The van der Waals surface area contributed by atoms with Gasteiger partial charge in [0.15, 0.2) is 0 Å². The van der Waals surface area contributed by atoms with E-state index < -0.39 is 11.2 Å². The maximum atomic E-state index is 13.4. The maximum Gasteiger partial charge on any atom is 0.238 e. The summed E-state index contributed by atoms with van der Waals surface area (Å²) in [4.78, 5) is -0.345. The molecule has 110 valence electrons. The lowest BCUT2D eigenvalue weighted by Gasteiger charge is -2.25. The molecule has 4 heteroatoms. The minimum absolute atomic E-state index is 0.111. The molecule has 0 spiro atoms. The highest BCUT2D eigenvalue weighted by Crippen LogP contribution is 2.64. The van der Waals surface area contributed by atoms with E-state index in [9.17, 15) is 11.7 Å². The van der Waals surface area contributed by atoms with Gasteiger partial charge in [-0.05, 0) is 34.4 Å². The molecule has 1 rings (SSSR count). The number of rotatable bonds is 4. The Kier molecular flexibility index (Phi) is 4.99. The molecule has 0 aliphatic carbocycles. The molecule has 0 N–H and O–H groups in total. The first-order valence-electron chi connectivity index (χ1n) is 6.65. The number of halogens is 3.